The molecule has 0 aliphatic carbocycles. The number of hydrogen-bond acceptors (Lipinski definition) is 3. The van der Waals surface area contributed by atoms with Crippen molar-refractivity contribution in [3.63, 3.8) is 0 Å². The Kier molecular flexibility index (Phi) is 3.97. The van der Waals surface area contributed by atoms with Crippen LogP contribution >= 0.6 is 0 Å². The van der Waals surface area contributed by atoms with Crippen LogP contribution in [0.5, 0.6) is 0 Å². The summed E-state index contributed by atoms with van der Waals surface area (Å²) in [6.07, 6.45) is 2.25. The summed E-state index contributed by atoms with van der Waals surface area (Å²) in [7, 11) is 0. The van der Waals surface area contributed by atoms with E-state index in [1.165, 1.54) is 0 Å². The molecule has 4 nitrogen and oxygen atoms in total. The quantitative estimate of drug-likeness (QED) is 0.815. The first-order chi connectivity index (χ1) is 8.40. The molecule has 2 heterocycles. The van der Waals surface area contributed by atoms with Crippen molar-refractivity contribution in [2.24, 2.45) is 11.8 Å². The van der Waals surface area contributed by atoms with Crippen molar-refractivity contribution in [1.29, 1.82) is 0 Å². The Labute approximate surface area is 110 Å². The van der Waals surface area contributed by atoms with Crippen LogP contribution in [0.15, 0.2) is 0 Å². The number of likely N-dealkylation sites (tertiary alicyclic amines) is 2. The molecule has 0 aromatic heterocycles. The number of hydrogen-bond donors (Lipinski definition) is 1. The highest BCUT2D eigenvalue weighted by molar-refractivity contribution is 5.78. The van der Waals surface area contributed by atoms with Gasteiger partial charge in [-0.3, -0.25) is 9.69 Å². The van der Waals surface area contributed by atoms with Gasteiger partial charge < -0.3 is 10.0 Å². The Bertz CT molecular complexity index is 303. The number of amides is 1. The van der Waals surface area contributed by atoms with Crippen LogP contribution in [0.25, 0.3) is 0 Å². The number of carbonyl (C=O) groups is 1. The highest BCUT2D eigenvalue weighted by atomic mass is 16.3. The highest BCUT2D eigenvalue weighted by Gasteiger charge is 2.44. The van der Waals surface area contributed by atoms with E-state index < -0.39 is 5.60 Å². The smallest absolute Gasteiger partial charge is 0.236 e. The average Bonchev–Trinajstić information content (AvgIpc) is 2.27. The Morgan fingerprint density at radius 2 is 1.89 bits per heavy atom. The van der Waals surface area contributed by atoms with Crippen molar-refractivity contribution in [3.8, 4) is 0 Å². The molecule has 2 aliphatic heterocycles. The summed E-state index contributed by atoms with van der Waals surface area (Å²) in [4.78, 5) is 16.1. The molecule has 104 valence electrons. The fourth-order valence-corrected chi connectivity index (χ4v) is 2.75. The Morgan fingerprint density at radius 1 is 1.33 bits per heavy atom. The van der Waals surface area contributed by atoms with Crippen molar-refractivity contribution >= 4 is 5.91 Å². The molecule has 1 N–H and O–H groups in total. The van der Waals surface area contributed by atoms with Gasteiger partial charge in [0.2, 0.25) is 5.91 Å². The summed E-state index contributed by atoms with van der Waals surface area (Å²) < 4.78 is 0. The van der Waals surface area contributed by atoms with Crippen molar-refractivity contribution in [1.82, 2.24) is 9.80 Å². The van der Waals surface area contributed by atoms with Gasteiger partial charge in [-0.15, -0.1) is 0 Å². The van der Waals surface area contributed by atoms with E-state index >= 15 is 0 Å². The average molecular weight is 254 g/mol. The molecule has 4 heteroatoms. The maximum absolute atomic E-state index is 12.1. The molecule has 0 radical (unpaired) electrons. The number of aliphatic hydroxyl groups is 1. The zero-order chi connectivity index (χ0) is 13.3. The van der Waals surface area contributed by atoms with E-state index in [-0.39, 0.29) is 11.8 Å². The van der Waals surface area contributed by atoms with E-state index in [0.717, 1.165) is 31.8 Å². The molecule has 0 aromatic carbocycles. The van der Waals surface area contributed by atoms with Gasteiger partial charge in [-0.25, -0.2) is 0 Å². The van der Waals surface area contributed by atoms with Crippen LogP contribution in [0, 0.1) is 11.8 Å². The molecule has 1 amide bonds. The first-order valence-corrected chi connectivity index (χ1v) is 7.13. The summed E-state index contributed by atoms with van der Waals surface area (Å²) in [6, 6.07) is 0. The molecular weight excluding hydrogens is 228 g/mol. The monoisotopic (exact) mass is 254 g/mol. The van der Waals surface area contributed by atoms with Gasteiger partial charge in [0.25, 0.3) is 0 Å². The Morgan fingerprint density at radius 3 is 2.39 bits per heavy atom. The third-order valence-electron chi connectivity index (χ3n) is 4.56. The number of nitrogens with zero attached hydrogens (tertiary/aromatic N) is 2. The van der Waals surface area contributed by atoms with E-state index in [1.54, 1.807) is 0 Å². The fraction of sp³-hybridized carbons (Fsp3) is 0.929. The van der Waals surface area contributed by atoms with Gasteiger partial charge in [0.1, 0.15) is 0 Å². The largest absolute Gasteiger partial charge is 0.387 e. The zero-order valence-corrected chi connectivity index (χ0v) is 11.9. The van der Waals surface area contributed by atoms with E-state index in [1.807, 2.05) is 18.7 Å². The second kappa shape index (κ2) is 5.17. The molecule has 2 rings (SSSR count). The summed E-state index contributed by atoms with van der Waals surface area (Å²) in [5.41, 5.74) is -0.573. The lowest BCUT2D eigenvalue weighted by Crippen LogP contribution is -2.66. The van der Waals surface area contributed by atoms with Crippen LogP contribution in [-0.4, -0.2) is 59.1 Å². The van der Waals surface area contributed by atoms with Crippen LogP contribution in [0.1, 0.15) is 33.6 Å². The Hall–Kier alpha value is -0.610. The van der Waals surface area contributed by atoms with Crippen molar-refractivity contribution < 1.29 is 9.90 Å². The lowest BCUT2D eigenvalue weighted by molar-refractivity contribution is -0.150. The maximum Gasteiger partial charge on any atom is 0.236 e. The molecular formula is C14H26N2O2. The topological polar surface area (TPSA) is 43.8 Å². The van der Waals surface area contributed by atoms with Crippen LogP contribution in [0.2, 0.25) is 0 Å². The van der Waals surface area contributed by atoms with E-state index in [2.05, 4.69) is 11.8 Å². The molecule has 0 bridgehead atoms. The minimum absolute atomic E-state index is 0.229. The second-order valence-electron chi connectivity index (χ2n) is 6.47. The van der Waals surface area contributed by atoms with Gasteiger partial charge in [0.05, 0.1) is 12.1 Å². The minimum atomic E-state index is -0.573. The third kappa shape index (κ3) is 2.86. The zero-order valence-electron chi connectivity index (χ0n) is 11.9. The van der Waals surface area contributed by atoms with Gasteiger partial charge in [-0.1, -0.05) is 20.8 Å². The van der Waals surface area contributed by atoms with Gasteiger partial charge in [-0.2, -0.15) is 0 Å². The maximum atomic E-state index is 12.1. The highest BCUT2D eigenvalue weighted by Crippen LogP contribution is 2.28. The minimum Gasteiger partial charge on any atom is -0.387 e. The summed E-state index contributed by atoms with van der Waals surface area (Å²) >= 11 is 0. The molecule has 0 aromatic rings. The number of rotatable bonds is 3. The predicted molar refractivity (Wildman–Crippen MR) is 71.2 cm³/mol. The Balaban J connectivity index is 1.73. The van der Waals surface area contributed by atoms with E-state index in [0.29, 0.717) is 19.6 Å². The second-order valence-corrected chi connectivity index (χ2v) is 6.47. The van der Waals surface area contributed by atoms with E-state index in [9.17, 15) is 9.90 Å². The fourth-order valence-electron chi connectivity index (χ4n) is 2.75. The molecule has 0 unspecified atom stereocenters. The van der Waals surface area contributed by atoms with Crippen LogP contribution in [0.3, 0.4) is 0 Å². The van der Waals surface area contributed by atoms with E-state index in [4.69, 9.17) is 0 Å². The van der Waals surface area contributed by atoms with Gasteiger partial charge >= 0.3 is 0 Å². The van der Waals surface area contributed by atoms with Crippen LogP contribution < -0.4 is 0 Å². The van der Waals surface area contributed by atoms with Gasteiger partial charge in [0, 0.05) is 26.2 Å². The first kappa shape index (κ1) is 13.8. The lowest BCUT2D eigenvalue weighted by atomic mass is 9.83. The molecule has 0 saturated carbocycles. The summed E-state index contributed by atoms with van der Waals surface area (Å²) in [5, 5.41) is 10.1. The normalized spacial score (nSPS) is 25.3. The van der Waals surface area contributed by atoms with Gasteiger partial charge in [0.15, 0.2) is 0 Å². The standard InChI is InChI=1S/C14H26N2O2/c1-11(2)14(18)9-15(10-14)8-13(17)16-6-4-12(3)5-7-16/h11-12,18H,4-10H2,1-3H3. The molecule has 2 aliphatic rings. The molecule has 18 heavy (non-hydrogen) atoms. The molecule has 2 saturated heterocycles. The van der Waals surface area contributed by atoms with Crippen LogP contribution in [-0.2, 0) is 4.79 Å². The van der Waals surface area contributed by atoms with Crippen molar-refractivity contribution in [3.05, 3.63) is 0 Å². The summed E-state index contributed by atoms with van der Waals surface area (Å²) in [5.74, 6) is 1.25. The number of β-amino-alcohol motifs (C(OH)–C–C–N with tert-alkyl or cyclic N) is 1. The molecule has 2 fully saturated rings. The molecule has 0 spiro atoms. The SMILES string of the molecule is CC1CCN(C(=O)CN2CC(O)(C(C)C)C2)CC1. The van der Waals surface area contributed by atoms with Crippen molar-refractivity contribution in [2.45, 2.75) is 39.2 Å². The number of carbonyl (C=O) groups excluding carboxylic acids is 1. The van der Waals surface area contributed by atoms with Crippen molar-refractivity contribution in [2.75, 3.05) is 32.7 Å². The lowest BCUT2D eigenvalue weighted by Gasteiger charge is -2.49. The summed E-state index contributed by atoms with van der Waals surface area (Å²) in [6.45, 7) is 9.88. The third-order valence-corrected chi connectivity index (χ3v) is 4.56. The number of piperidine rings is 1. The molecule has 0 atom stereocenters. The first-order valence-electron chi connectivity index (χ1n) is 7.13. The predicted octanol–water partition coefficient (Wildman–Crippen LogP) is 0.948. The van der Waals surface area contributed by atoms with Crippen LogP contribution in [0.4, 0.5) is 0 Å². The van der Waals surface area contributed by atoms with Gasteiger partial charge in [-0.05, 0) is 24.7 Å².